The average Bonchev–Trinajstić information content (AvgIpc) is 2.10. The van der Waals surface area contributed by atoms with Gasteiger partial charge in [0.1, 0.15) is 0 Å². The number of hydrogen-bond donors (Lipinski definition) is 0. The van der Waals surface area contributed by atoms with Crippen molar-refractivity contribution in [3.63, 3.8) is 0 Å². The van der Waals surface area contributed by atoms with Crippen molar-refractivity contribution in [2.24, 2.45) is 4.99 Å². The van der Waals surface area contributed by atoms with Crippen LogP contribution in [0.4, 0.5) is 0 Å². The lowest BCUT2D eigenvalue weighted by atomic mass is 10.1. The summed E-state index contributed by atoms with van der Waals surface area (Å²) < 4.78 is 0. The highest BCUT2D eigenvalue weighted by atomic mass is 35.5. The number of allylic oxidation sites excluding steroid dienone is 1. The van der Waals surface area contributed by atoms with Gasteiger partial charge in [0, 0.05) is 12.1 Å². The van der Waals surface area contributed by atoms with Gasteiger partial charge in [0.15, 0.2) is 0 Å². The third-order valence-electron chi connectivity index (χ3n) is 1.57. The number of benzene rings is 1. The van der Waals surface area contributed by atoms with E-state index in [9.17, 15) is 0 Å². The Morgan fingerprint density at radius 2 is 2.00 bits per heavy atom. The third kappa shape index (κ3) is 1.95. The summed E-state index contributed by atoms with van der Waals surface area (Å²) in [6, 6.07) is 7.52. The predicted molar refractivity (Wildman–Crippen MR) is 54.1 cm³/mol. The minimum Gasteiger partial charge on any atom is -0.288 e. The van der Waals surface area contributed by atoms with Crippen molar-refractivity contribution in [1.82, 2.24) is 0 Å². The van der Waals surface area contributed by atoms with Gasteiger partial charge in [0.2, 0.25) is 0 Å². The van der Waals surface area contributed by atoms with Gasteiger partial charge < -0.3 is 0 Å². The lowest BCUT2D eigenvalue weighted by Crippen LogP contribution is -1.94. The number of halogens is 1. The summed E-state index contributed by atoms with van der Waals surface area (Å²) in [6.07, 6.45) is 1.73. The monoisotopic (exact) mass is 179 g/mol. The van der Waals surface area contributed by atoms with Crippen LogP contribution in [0.5, 0.6) is 0 Å². The first-order valence-electron chi connectivity index (χ1n) is 3.63. The van der Waals surface area contributed by atoms with Crippen LogP contribution in [-0.4, -0.2) is 12.8 Å². The highest BCUT2D eigenvalue weighted by Crippen LogP contribution is 2.10. The Hall–Kier alpha value is -1.08. The molecule has 0 radical (unpaired) electrons. The molecule has 0 bridgehead atoms. The van der Waals surface area contributed by atoms with Gasteiger partial charge >= 0.3 is 0 Å². The van der Waals surface area contributed by atoms with Crippen molar-refractivity contribution in [3.8, 4) is 0 Å². The average molecular weight is 180 g/mol. The largest absolute Gasteiger partial charge is 0.288 e. The van der Waals surface area contributed by atoms with E-state index >= 15 is 0 Å². The van der Waals surface area contributed by atoms with Gasteiger partial charge in [-0.1, -0.05) is 30.3 Å². The molecule has 2 heteroatoms. The van der Waals surface area contributed by atoms with Crippen molar-refractivity contribution < 1.29 is 0 Å². The third-order valence-corrected chi connectivity index (χ3v) is 1.83. The zero-order valence-electron chi connectivity index (χ0n) is 6.92. The van der Waals surface area contributed by atoms with Gasteiger partial charge in [0.05, 0.1) is 5.71 Å². The smallest absolute Gasteiger partial charge is 0.0637 e. The van der Waals surface area contributed by atoms with E-state index in [1.54, 1.807) is 13.1 Å². The first-order valence-corrected chi connectivity index (χ1v) is 4.01. The molecule has 1 aromatic rings. The number of aliphatic imine (C=N–C) groups is 1. The van der Waals surface area contributed by atoms with E-state index in [0.717, 1.165) is 16.3 Å². The molecule has 0 aliphatic rings. The molecule has 0 spiro atoms. The molecule has 0 aliphatic heterocycles. The van der Waals surface area contributed by atoms with Gasteiger partial charge in [-0.05, 0) is 23.8 Å². The minimum absolute atomic E-state index is 0.735. The van der Waals surface area contributed by atoms with E-state index in [-0.39, 0.29) is 0 Å². The standard InChI is InChI=1S/C10H10ClN/c1-3-10(12-2)8-4-6-9(11)7-5-8/h3-7H,1H2,2H3. The minimum atomic E-state index is 0.735. The summed E-state index contributed by atoms with van der Waals surface area (Å²) in [6.45, 7) is 3.67. The lowest BCUT2D eigenvalue weighted by Gasteiger charge is -1.99. The highest BCUT2D eigenvalue weighted by Gasteiger charge is 1.96. The summed E-state index contributed by atoms with van der Waals surface area (Å²) >= 11 is 5.74. The van der Waals surface area contributed by atoms with Gasteiger partial charge in [-0.15, -0.1) is 0 Å². The molecule has 0 aliphatic carbocycles. The molecule has 0 N–H and O–H groups in total. The quantitative estimate of drug-likeness (QED) is 0.619. The first-order chi connectivity index (χ1) is 5.77. The van der Waals surface area contributed by atoms with Crippen LogP contribution in [0.3, 0.4) is 0 Å². The molecular weight excluding hydrogens is 170 g/mol. The van der Waals surface area contributed by atoms with E-state index in [1.807, 2.05) is 24.3 Å². The van der Waals surface area contributed by atoms with Crippen LogP contribution in [0.15, 0.2) is 41.9 Å². The molecule has 1 nitrogen and oxygen atoms in total. The second-order valence-electron chi connectivity index (χ2n) is 2.32. The lowest BCUT2D eigenvalue weighted by molar-refractivity contribution is 1.43. The molecule has 0 fully saturated rings. The fraction of sp³-hybridized carbons (Fsp3) is 0.100. The first kappa shape index (κ1) is 9.01. The second kappa shape index (κ2) is 4.07. The Balaban J connectivity index is 3.04. The second-order valence-corrected chi connectivity index (χ2v) is 2.76. The van der Waals surface area contributed by atoms with E-state index in [1.165, 1.54) is 0 Å². The van der Waals surface area contributed by atoms with Crippen molar-refractivity contribution in [3.05, 3.63) is 47.5 Å². The van der Waals surface area contributed by atoms with E-state index in [0.29, 0.717) is 0 Å². The summed E-state index contributed by atoms with van der Waals surface area (Å²) in [5, 5.41) is 0.735. The topological polar surface area (TPSA) is 12.4 Å². The van der Waals surface area contributed by atoms with Crippen LogP contribution in [0.25, 0.3) is 0 Å². The van der Waals surface area contributed by atoms with Crippen molar-refractivity contribution in [1.29, 1.82) is 0 Å². The Morgan fingerprint density at radius 1 is 1.42 bits per heavy atom. The van der Waals surface area contributed by atoms with Crippen molar-refractivity contribution in [2.45, 2.75) is 0 Å². The molecule has 0 amide bonds. The SMILES string of the molecule is C=CC(=NC)c1ccc(Cl)cc1. The van der Waals surface area contributed by atoms with Crippen LogP contribution in [0.2, 0.25) is 5.02 Å². The molecule has 62 valence electrons. The maximum Gasteiger partial charge on any atom is 0.0637 e. The molecule has 0 saturated heterocycles. The maximum atomic E-state index is 5.74. The normalized spacial score (nSPS) is 11.3. The number of rotatable bonds is 2. The van der Waals surface area contributed by atoms with Gasteiger partial charge in [-0.3, -0.25) is 4.99 Å². The highest BCUT2D eigenvalue weighted by molar-refractivity contribution is 6.30. The molecular formula is C10H10ClN. The summed E-state index contributed by atoms with van der Waals surface area (Å²) in [5.41, 5.74) is 1.92. The Labute approximate surface area is 77.4 Å². The van der Waals surface area contributed by atoms with Crippen LogP contribution < -0.4 is 0 Å². The van der Waals surface area contributed by atoms with Gasteiger partial charge in [0.25, 0.3) is 0 Å². The van der Waals surface area contributed by atoms with E-state index in [4.69, 9.17) is 11.6 Å². The van der Waals surface area contributed by atoms with Gasteiger partial charge in [-0.2, -0.15) is 0 Å². The molecule has 0 atom stereocenters. The molecule has 1 rings (SSSR count). The molecule has 0 heterocycles. The fourth-order valence-corrected chi connectivity index (χ4v) is 1.08. The van der Waals surface area contributed by atoms with Gasteiger partial charge in [-0.25, -0.2) is 0 Å². The van der Waals surface area contributed by atoms with Crippen molar-refractivity contribution >= 4 is 17.3 Å². The molecule has 12 heavy (non-hydrogen) atoms. The molecule has 0 saturated carbocycles. The molecule has 0 unspecified atom stereocenters. The summed E-state index contributed by atoms with van der Waals surface area (Å²) in [5.74, 6) is 0. The number of hydrogen-bond acceptors (Lipinski definition) is 1. The summed E-state index contributed by atoms with van der Waals surface area (Å²) in [4.78, 5) is 4.06. The predicted octanol–water partition coefficient (Wildman–Crippen LogP) is 2.94. The zero-order valence-corrected chi connectivity index (χ0v) is 7.67. The summed E-state index contributed by atoms with van der Waals surface area (Å²) in [7, 11) is 1.74. The van der Waals surface area contributed by atoms with Crippen LogP contribution in [-0.2, 0) is 0 Å². The Morgan fingerprint density at radius 3 is 2.42 bits per heavy atom. The fourth-order valence-electron chi connectivity index (χ4n) is 0.959. The van der Waals surface area contributed by atoms with E-state index in [2.05, 4.69) is 11.6 Å². The molecule has 0 aromatic heterocycles. The van der Waals surface area contributed by atoms with Crippen LogP contribution in [0.1, 0.15) is 5.56 Å². The van der Waals surface area contributed by atoms with Crippen molar-refractivity contribution in [2.75, 3.05) is 7.05 Å². The van der Waals surface area contributed by atoms with E-state index < -0.39 is 0 Å². The maximum absolute atomic E-state index is 5.74. The molecule has 1 aromatic carbocycles. The number of nitrogens with zero attached hydrogens (tertiary/aromatic N) is 1. The Kier molecular flexibility index (Phi) is 3.06. The van der Waals surface area contributed by atoms with Crippen LogP contribution >= 0.6 is 11.6 Å². The Bertz CT molecular complexity index is 298. The van der Waals surface area contributed by atoms with Crippen LogP contribution in [0, 0.1) is 0 Å². The zero-order chi connectivity index (χ0) is 8.97.